The van der Waals surface area contributed by atoms with E-state index in [1.165, 1.54) is 0 Å². The number of nitrogens with one attached hydrogen (secondary N) is 1. The van der Waals surface area contributed by atoms with E-state index in [-0.39, 0.29) is 4.90 Å². The van der Waals surface area contributed by atoms with Crippen LogP contribution in [0.3, 0.4) is 0 Å². The molecule has 0 saturated heterocycles. The molecule has 0 bridgehead atoms. The third-order valence-electron chi connectivity index (χ3n) is 3.68. The lowest BCUT2D eigenvalue weighted by Gasteiger charge is -2.11. The van der Waals surface area contributed by atoms with E-state index in [0.717, 1.165) is 11.1 Å². The van der Waals surface area contributed by atoms with Gasteiger partial charge in [-0.15, -0.1) is 0 Å². The Morgan fingerprint density at radius 1 is 1.00 bits per heavy atom. The Balaban J connectivity index is 1.86. The maximum atomic E-state index is 12.6. The van der Waals surface area contributed by atoms with Crippen LogP contribution in [-0.4, -0.2) is 13.4 Å². The topological polar surface area (TPSA) is 72.2 Å². The van der Waals surface area contributed by atoms with Gasteiger partial charge in [0.2, 0.25) is 0 Å². The van der Waals surface area contributed by atoms with E-state index in [4.69, 9.17) is 4.42 Å². The summed E-state index contributed by atoms with van der Waals surface area (Å²) in [5.41, 5.74) is 2.94. The summed E-state index contributed by atoms with van der Waals surface area (Å²) in [5, 5.41) is 0. The molecule has 24 heavy (non-hydrogen) atoms. The van der Waals surface area contributed by atoms with Crippen molar-refractivity contribution in [3.8, 4) is 11.3 Å². The van der Waals surface area contributed by atoms with Gasteiger partial charge in [-0.2, -0.15) is 0 Å². The molecule has 124 valence electrons. The SMILES string of the molecule is Cc1ccc(C)c(S(=O)(=O)Nc2ccc(-c3cnc(C)o3)cc2)c1. The highest BCUT2D eigenvalue weighted by molar-refractivity contribution is 7.92. The summed E-state index contributed by atoms with van der Waals surface area (Å²) in [6, 6.07) is 12.4. The van der Waals surface area contributed by atoms with Crippen LogP contribution < -0.4 is 4.72 Å². The highest BCUT2D eigenvalue weighted by atomic mass is 32.2. The van der Waals surface area contributed by atoms with Crippen molar-refractivity contribution in [1.82, 2.24) is 4.98 Å². The average molecular weight is 342 g/mol. The lowest BCUT2D eigenvalue weighted by Crippen LogP contribution is -2.14. The van der Waals surface area contributed by atoms with Crippen LogP contribution in [0.1, 0.15) is 17.0 Å². The summed E-state index contributed by atoms with van der Waals surface area (Å²) in [6.45, 7) is 5.42. The summed E-state index contributed by atoms with van der Waals surface area (Å²) in [7, 11) is -3.63. The number of aryl methyl sites for hydroxylation is 3. The second kappa shape index (κ2) is 6.13. The smallest absolute Gasteiger partial charge is 0.262 e. The average Bonchev–Trinajstić information content (AvgIpc) is 2.96. The summed E-state index contributed by atoms with van der Waals surface area (Å²) < 4.78 is 33.3. The van der Waals surface area contributed by atoms with Gasteiger partial charge in [-0.3, -0.25) is 4.72 Å². The van der Waals surface area contributed by atoms with Crippen LogP contribution in [0.5, 0.6) is 0 Å². The van der Waals surface area contributed by atoms with Crippen molar-refractivity contribution in [2.45, 2.75) is 25.7 Å². The zero-order chi connectivity index (χ0) is 17.3. The molecule has 0 unspecified atom stereocenters. The van der Waals surface area contributed by atoms with Crippen LogP contribution in [0.15, 0.2) is 58.0 Å². The molecule has 0 aliphatic rings. The minimum Gasteiger partial charge on any atom is -0.441 e. The first-order valence-electron chi connectivity index (χ1n) is 7.48. The van der Waals surface area contributed by atoms with Crippen LogP contribution in [0.2, 0.25) is 0 Å². The van der Waals surface area contributed by atoms with Gasteiger partial charge in [-0.25, -0.2) is 13.4 Å². The molecule has 0 radical (unpaired) electrons. The fourth-order valence-electron chi connectivity index (χ4n) is 2.40. The molecule has 0 fully saturated rings. The Kier molecular flexibility index (Phi) is 4.15. The molecule has 0 atom stereocenters. The van der Waals surface area contributed by atoms with Crippen molar-refractivity contribution in [3.05, 3.63) is 65.7 Å². The van der Waals surface area contributed by atoms with Crippen molar-refractivity contribution in [3.63, 3.8) is 0 Å². The second-order valence-corrected chi connectivity index (χ2v) is 7.35. The number of nitrogens with zero attached hydrogens (tertiary/aromatic N) is 1. The summed E-state index contributed by atoms with van der Waals surface area (Å²) >= 11 is 0. The van der Waals surface area contributed by atoms with Gasteiger partial charge < -0.3 is 4.42 Å². The number of aromatic nitrogens is 1. The Bertz CT molecular complexity index is 974. The quantitative estimate of drug-likeness (QED) is 0.776. The molecule has 5 nitrogen and oxygen atoms in total. The van der Waals surface area contributed by atoms with E-state index < -0.39 is 10.0 Å². The van der Waals surface area contributed by atoms with Gasteiger partial charge in [0.15, 0.2) is 11.7 Å². The van der Waals surface area contributed by atoms with Crippen LogP contribution >= 0.6 is 0 Å². The molecule has 0 amide bonds. The highest BCUT2D eigenvalue weighted by Crippen LogP contribution is 2.24. The third-order valence-corrected chi connectivity index (χ3v) is 5.20. The molecule has 2 aromatic carbocycles. The minimum atomic E-state index is -3.63. The van der Waals surface area contributed by atoms with Crippen LogP contribution in [0.4, 0.5) is 5.69 Å². The molecule has 3 aromatic rings. The Labute approximate surface area is 141 Å². The number of hydrogen-bond acceptors (Lipinski definition) is 4. The number of sulfonamides is 1. The first-order chi connectivity index (χ1) is 11.3. The minimum absolute atomic E-state index is 0.289. The first-order valence-corrected chi connectivity index (χ1v) is 8.96. The molecule has 0 spiro atoms. The van der Waals surface area contributed by atoms with E-state index in [2.05, 4.69) is 9.71 Å². The molecule has 6 heteroatoms. The number of oxazole rings is 1. The molecule has 0 saturated carbocycles. The van der Waals surface area contributed by atoms with E-state index in [0.29, 0.717) is 22.9 Å². The molecule has 0 aliphatic carbocycles. The Morgan fingerprint density at radius 2 is 1.71 bits per heavy atom. The summed E-state index contributed by atoms with van der Waals surface area (Å²) in [5.74, 6) is 1.24. The first kappa shape index (κ1) is 16.3. The maximum Gasteiger partial charge on any atom is 0.262 e. The normalized spacial score (nSPS) is 11.5. The fourth-order valence-corrected chi connectivity index (χ4v) is 3.79. The molecule has 3 rings (SSSR count). The fraction of sp³-hybridized carbons (Fsp3) is 0.167. The molecule has 1 aromatic heterocycles. The van der Waals surface area contributed by atoms with Crippen molar-refractivity contribution >= 4 is 15.7 Å². The summed E-state index contributed by atoms with van der Waals surface area (Å²) in [6.07, 6.45) is 1.64. The standard InChI is InChI=1S/C18H18N2O3S/c1-12-4-5-13(2)18(10-12)24(21,22)20-16-8-6-15(7-9-16)17-11-19-14(3)23-17/h4-11,20H,1-3H3. The predicted molar refractivity (Wildman–Crippen MR) is 93.4 cm³/mol. The Morgan fingerprint density at radius 3 is 2.33 bits per heavy atom. The lowest BCUT2D eigenvalue weighted by atomic mass is 10.2. The number of anilines is 1. The second-order valence-electron chi connectivity index (χ2n) is 5.70. The number of hydrogen-bond donors (Lipinski definition) is 1. The third kappa shape index (κ3) is 3.33. The van der Waals surface area contributed by atoms with Gasteiger partial charge in [0, 0.05) is 18.2 Å². The van der Waals surface area contributed by atoms with E-state index in [1.807, 2.05) is 13.0 Å². The predicted octanol–water partition coefficient (Wildman–Crippen LogP) is 4.07. The summed E-state index contributed by atoms with van der Waals surface area (Å²) in [4.78, 5) is 4.34. The van der Waals surface area contributed by atoms with Crippen LogP contribution in [0, 0.1) is 20.8 Å². The molecular formula is C18H18N2O3S. The maximum absolute atomic E-state index is 12.6. The molecule has 0 aliphatic heterocycles. The molecule has 1 heterocycles. The van der Waals surface area contributed by atoms with Gasteiger partial charge in [0.1, 0.15) is 0 Å². The zero-order valence-electron chi connectivity index (χ0n) is 13.7. The van der Waals surface area contributed by atoms with Crippen LogP contribution in [-0.2, 0) is 10.0 Å². The number of rotatable bonds is 4. The highest BCUT2D eigenvalue weighted by Gasteiger charge is 2.17. The number of benzene rings is 2. The van der Waals surface area contributed by atoms with Crippen LogP contribution in [0.25, 0.3) is 11.3 Å². The van der Waals surface area contributed by atoms with Crippen molar-refractivity contribution < 1.29 is 12.8 Å². The molecular weight excluding hydrogens is 324 g/mol. The van der Waals surface area contributed by atoms with Gasteiger partial charge >= 0.3 is 0 Å². The van der Waals surface area contributed by atoms with Crippen molar-refractivity contribution in [2.24, 2.45) is 0 Å². The van der Waals surface area contributed by atoms with Gasteiger partial charge in [-0.1, -0.05) is 12.1 Å². The van der Waals surface area contributed by atoms with Crippen molar-refractivity contribution in [2.75, 3.05) is 4.72 Å². The monoisotopic (exact) mass is 342 g/mol. The van der Waals surface area contributed by atoms with Crippen molar-refractivity contribution in [1.29, 1.82) is 0 Å². The largest absolute Gasteiger partial charge is 0.441 e. The van der Waals surface area contributed by atoms with Gasteiger partial charge in [0.25, 0.3) is 10.0 Å². The Hall–Kier alpha value is -2.60. The van der Waals surface area contributed by atoms with E-state index >= 15 is 0 Å². The molecule has 1 N–H and O–H groups in total. The van der Waals surface area contributed by atoms with E-state index in [9.17, 15) is 8.42 Å². The lowest BCUT2D eigenvalue weighted by molar-refractivity contribution is 0.534. The van der Waals surface area contributed by atoms with E-state index in [1.54, 1.807) is 56.4 Å². The zero-order valence-corrected chi connectivity index (χ0v) is 14.5. The van der Waals surface area contributed by atoms with Gasteiger partial charge in [0.05, 0.1) is 11.1 Å². The van der Waals surface area contributed by atoms with Gasteiger partial charge in [-0.05, 0) is 55.3 Å².